The van der Waals surface area contributed by atoms with Gasteiger partial charge in [0.05, 0.1) is 29.0 Å². The second kappa shape index (κ2) is 6.80. The lowest BCUT2D eigenvalue weighted by atomic mass is 10.1. The molecule has 136 valence electrons. The molecule has 0 aliphatic carbocycles. The van der Waals surface area contributed by atoms with E-state index in [9.17, 15) is 0 Å². The van der Waals surface area contributed by atoms with Crippen LogP contribution in [0.2, 0.25) is 5.02 Å². The zero-order chi connectivity index (χ0) is 18.3. The molecule has 3 heterocycles. The van der Waals surface area contributed by atoms with Gasteiger partial charge in [-0.1, -0.05) is 31.0 Å². The van der Waals surface area contributed by atoms with Crippen LogP contribution >= 0.6 is 11.6 Å². The van der Waals surface area contributed by atoms with E-state index in [1.807, 2.05) is 19.1 Å². The molecule has 0 fully saturated rings. The highest BCUT2D eigenvalue weighted by molar-refractivity contribution is 6.35. The van der Waals surface area contributed by atoms with E-state index in [0.29, 0.717) is 10.9 Å². The van der Waals surface area contributed by atoms with Crippen LogP contribution in [0.4, 0.5) is 11.6 Å². The van der Waals surface area contributed by atoms with Crippen LogP contribution in [0, 0.1) is 6.92 Å². The van der Waals surface area contributed by atoms with Gasteiger partial charge >= 0.3 is 0 Å². The number of halogens is 1. The van der Waals surface area contributed by atoms with E-state index in [-0.39, 0.29) is 0 Å². The SMILES string of the molecule is CCCc1ccc(Cl)c2nc3n(c12)CCCN3c1ccc(OC)nc1C. The Bertz CT molecular complexity index is 966. The van der Waals surface area contributed by atoms with Gasteiger partial charge in [-0.2, -0.15) is 0 Å². The molecule has 6 heteroatoms. The van der Waals surface area contributed by atoms with Crippen LogP contribution in [0.1, 0.15) is 31.0 Å². The van der Waals surface area contributed by atoms with Crippen molar-refractivity contribution in [3.8, 4) is 5.88 Å². The van der Waals surface area contributed by atoms with Crippen molar-refractivity contribution in [2.45, 2.75) is 39.7 Å². The number of methoxy groups -OCH3 is 1. The zero-order valence-corrected chi connectivity index (χ0v) is 16.2. The maximum atomic E-state index is 6.49. The maximum absolute atomic E-state index is 6.49. The molecule has 0 spiro atoms. The number of ether oxygens (including phenoxy) is 1. The molecule has 1 aromatic carbocycles. The summed E-state index contributed by atoms with van der Waals surface area (Å²) < 4.78 is 7.56. The first-order valence-electron chi connectivity index (χ1n) is 9.10. The lowest BCUT2D eigenvalue weighted by Crippen LogP contribution is -2.29. The van der Waals surface area contributed by atoms with Gasteiger partial charge in [0.25, 0.3) is 0 Å². The summed E-state index contributed by atoms with van der Waals surface area (Å²) in [5.41, 5.74) is 5.40. The lowest BCUT2D eigenvalue weighted by Gasteiger charge is -2.30. The zero-order valence-electron chi connectivity index (χ0n) is 15.4. The number of fused-ring (bicyclic) bond motifs is 3. The van der Waals surface area contributed by atoms with Crippen LogP contribution in [0.15, 0.2) is 24.3 Å². The molecule has 0 atom stereocenters. The van der Waals surface area contributed by atoms with Gasteiger partial charge in [-0.15, -0.1) is 0 Å². The summed E-state index contributed by atoms with van der Waals surface area (Å²) in [4.78, 5) is 11.7. The van der Waals surface area contributed by atoms with Gasteiger partial charge in [0.15, 0.2) is 0 Å². The first-order valence-corrected chi connectivity index (χ1v) is 9.48. The van der Waals surface area contributed by atoms with Crippen LogP contribution in [-0.2, 0) is 13.0 Å². The normalized spacial score (nSPS) is 13.9. The smallest absolute Gasteiger partial charge is 0.213 e. The van der Waals surface area contributed by atoms with Crippen molar-refractivity contribution in [2.75, 3.05) is 18.6 Å². The number of rotatable bonds is 4. The van der Waals surface area contributed by atoms with Crippen molar-refractivity contribution in [3.05, 3.63) is 40.5 Å². The third-order valence-electron chi connectivity index (χ3n) is 4.97. The van der Waals surface area contributed by atoms with Crippen molar-refractivity contribution in [1.29, 1.82) is 0 Å². The number of anilines is 2. The van der Waals surface area contributed by atoms with Gasteiger partial charge in [-0.3, -0.25) is 0 Å². The number of aryl methyl sites for hydroxylation is 3. The molecule has 0 N–H and O–H groups in total. The molecule has 1 aliphatic rings. The number of pyridine rings is 1. The average molecular weight is 371 g/mol. The minimum absolute atomic E-state index is 0.630. The minimum atomic E-state index is 0.630. The van der Waals surface area contributed by atoms with Gasteiger partial charge in [0.2, 0.25) is 11.8 Å². The molecule has 2 aromatic heterocycles. The maximum Gasteiger partial charge on any atom is 0.213 e. The first kappa shape index (κ1) is 17.2. The molecule has 3 aromatic rings. The van der Waals surface area contributed by atoms with Gasteiger partial charge in [0.1, 0.15) is 5.52 Å². The van der Waals surface area contributed by atoms with Crippen molar-refractivity contribution in [1.82, 2.24) is 14.5 Å². The van der Waals surface area contributed by atoms with E-state index in [2.05, 4.69) is 33.5 Å². The second-order valence-electron chi connectivity index (χ2n) is 6.68. The minimum Gasteiger partial charge on any atom is -0.481 e. The Labute approximate surface area is 158 Å². The Morgan fingerprint density at radius 2 is 2.00 bits per heavy atom. The van der Waals surface area contributed by atoms with Crippen molar-refractivity contribution in [2.24, 2.45) is 0 Å². The third-order valence-corrected chi connectivity index (χ3v) is 5.27. The second-order valence-corrected chi connectivity index (χ2v) is 7.09. The third kappa shape index (κ3) is 2.71. The largest absolute Gasteiger partial charge is 0.481 e. The van der Waals surface area contributed by atoms with Crippen LogP contribution in [0.5, 0.6) is 5.88 Å². The molecule has 1 aliphatic heterocycles. The summed E-state index contributed by atoms with van der Waals surface area (Å²) in [5, 5.41) is 0.714. The van der Waals surface area contributed by atoms with Crippen molar-refractivity contribution in [3.63, 3.8) is 0 Å². The summed E-state index contributed by atoms with van der Waals surface area (Å²) in [6.07, 6.45) is 3.19. The van der Waals surface area contributed by atoms with Gasteiger partial charge in [-0.25, -0.2) is 9.97 Å². The lowest BCUT2D eigenvalue weighted by molar-refractivity contribution is 0.397. The Balaban J connectivity index is 1.89. The van der Waals surface area contributed by atoms with Gasteiger partial charge in [0, 0.05) is 19.2 Å². The molecule has 0 unspecified atom stereocenters. The van der Waals surface area contributed by atoms with Crippen LogP contribution in [0.3, 0.4) is 0 Å². The Hall–Kier alpha value is -2.27. The van der Waals surface area contributed by atoms with Crippen LogP contribution in [-0.4, -0.2) is 28.2 Å². The molecule has 0 radical (unpaired) electrons. The fourth-order valence-corrected chi connectivity index (χ4v) is 3.99. The summed E-state index contributed by atoms with van der Waals surface area (Å²) >= 11 is 6.49. The van der Waals surface area contributed by atoms with E-state index in [0.717, 1.165) is 55.2 Å². The standard InChI is InChI=1S/C20H23ClN4O/c1-4-6-14-7-8-15(21)18-19(14)25-12-5-11-24(20(25)23-18)16-9-10-17(26-3)22-13(16)2/h7-10H,4-6,11-12H2,1-3H3. The van der Waals surface area contributed by atoms with E-state index >= 15 is 0 Å². The molecule has 4 rings (SSSR count). The van der Waals surface area contributed by atoms with E-state index in [1.165, 1.54) is 11.1 Å². The Morgan fingerprint density at radius 3 is 2.73 bits per heavy atom. The number of hydrogen-bond donors (Lipinski definition) is 0. The summed E-state index contributed by atoms with van der Waals surface area (Å²) in [5.74, 6) is 1.58. The number of imidazole rings is 1. The molecule has 5 nitrogen and oxygen atoms in total. The first-order chi connectivity index (χ1) is 12.6. The number of benzene rings is 1. The highest BCUT2D eigenvalue weighted by Crippen LogP contribution is 2.37. The quantitative estimate of drug-likeness (QED) is 0.655. The number of nitrogens with zero attached hydrogens (tertiary/aromatic N) is 4. The Morgan fingerprint density at radius 1 is 1.15 bits per heavy atom. The molecule has 26 heavy (non-hydrogen) atoms. The van der Waals surface area contributed by atoms with Gasteiger partial charge < -0.3 is 14.2 Å². The predicted octanol–water partition coefficient (Wildman–Crippen LogP) is 4.90. The highest BCUT2D eigenvalue weighted by atomic mass is 35.5. The van der Waals surface area contributed by atoms with E-state index < -0.39 is 0 Å². The number of hydrogen-bond acceptors (Lipinski definition) is 4. The van der Waals surface area contributed by atoms with E-state index in [4.69, 9.17) is 21.3 Å². The molecular formula is C20H23ClN4O. The molecule has 0 saturated heterocycles. The van der Waals surface area contributed by atoms with Crippen LogP contribution < -0.4 is 9.64 Å². The fraction of sp³-hybridized carbons (Fsp3) is 0.400. The fourth-order valence-electron chi connectivity index (χ4n) is 3.80. The Kier molecular flexibility index (Phi) is 4.49. The van der Waals surface area contributed by atoms with Crippen molar-refractivity contribution < 1.29 is 4.74 Å². The molecule has 0 bridgehead atoms. The molecule has 0 saturated carbocycles. The summed E-state index contributed by atoms with van der Waals surface area (Å²) in [6, 6.07) is 8.07. The highest BCUT2D eigenvalue weighted by Gasteiger charge is 2.26. The van der Waals surface area contributed by atoms with Gasteiger partial charge in [-0.05, 0) is 37.5 Å². The molecule has 0 amide bonds. The number of aromatic nitrogens is 3. The van der Waals surface area contributed by atoms with Crippen LogP contribution in [0.25, 0.3) is 11.0 Å². The van der Waals surface area contributed by atoms with Crippen molar-refractivity contribution >= 4 is 34.3 Å². The summed E-state index contributed by atoms with van der Waals surface area (Å²) in [7, 11) is 1.64. The predicted molar refractivity (Wildman–Crippen MR) is 106 cm³/mol. The monoisotopic (exact) mass is 370 g/mol. The average Bonchev–Trinajstić information content (AvgIpc) is 3.05. The summed E-state index contributed by atoms with van der Waals surface area (Å²) in [6.45, 7) is 6.09. The van der Waals surface area contributed by atoms with E-state index in [1.54, 1.807) is 7.11 Å². The topological polar surface area (TPSA) is 43.2 Å². The molecular weight excluding hydrogens is 348 g/mol.